The number of amides is 2. The predicted octanol–water partition coefficient (Wildman–Crippen LogP) is 1.61. The minimum absolute atomic E-state index is 0.0701. The molecule has 21 heavy (non-hydrogen) atoms. The summed E-state index contributed by atoms with van der Waals surface area (Å²) in [5.41, 5.74) is 5.62. The van der Waals surface area contributed by atoms with Crippen LogP contribution < -0.4 is 5.73 Å². The van der Waals surface area contributed by atoms with Crippen LogP contribution in [0.4, 0.5) is 0 Å². The third-order valence-corrected chi connectivity index (χ3v) is 4.30. The molecule has 1 heterocycles. The Bertz CT molecular complexity index is 321. The van der Waals surface area contributed by atoms with Crippen LogP contribution in [-0.2, 0) is 9.59 Å². The van der Waals surface area contributed by atoms with E-state index in [2.05, 4.69) is 6.92 Å². The predicted molar refractivity (Wildman–Crippen MR) is 84.8 cm³/mol. The highest BCUT2D eigenvalue weighted by atomic mass is 16.2. The lowest BCUT2D eigenvalue weighted by molar-refractivity contribution is -0.139. The van der Waals surface area contributed by atoms with E-state index >= 15 is 0 Å². The molecular weight excluding hydrogens is 266 g/mol. The molecule has 122 valence electrons. The van der Waals surface area contributed by atoms with Crippen molar-refractivity contribution in [1.29, 1.82) is 0 Å². The topological polar surface area (TPSA) is 66.6 Å². The van der Waals surface area contributed by atoms with Crippen molar-refractivity contribution in [1.82, 2.24) is 9.80 Å². The molecule has 0 bridgehead atoms. The monoisotopic (exact) mass is 297 g/mol. The molecule has 5 heteroatoms. The molecule has 1 rings (SSSR count). The fourth-order valence-corrected chi connectivity index (χ4v) is 2.95. The summed E-state index contributed by atoms with van der Waals surface area (Å²) < 4.78 is 0. The Kier molecular flexibility index (Phi) is 8.35. The summed E-state index contributed by atoms with van der Waals surface area (Å²) in [5, 5.41) is 0. The molecule has 1 saturated heterocycles. The smallest absolute Gasteiger partial charge is 0.242 e. The first-order valence-corrected chi connectivity index (χ1v) is 8.30. The zero-order valence-corrected chi connectivity index (χ0v) is 13.6. The second-order valence-corrected chi connectivity index (χ2v) is 6.11. The average molecular weight is 297 g/mol. The summed E-state index contributed by atoms with van der Waals surface area (Å²) in [6.07, 6.45) is 6.81. The van der Waals surface area contributed by atoms with Crippen LogP contribution in [0.3, 0.4) is 0 Å². The minimum atomic E-state index is 0.0701. The van der Waals surface area contributed by atoms with E-state index in [0.29, 0.717) is 18.9 Å². The highest BCUT2D eigenvalue weighted by Crippen LogP contribution is 2.17. The molecule has 5 nitrogen and oxygen atoms in total. The third-order valence-electron chi connectivity index (χ3n) is 4.30. The van der Waals surface area contributed by atoms with Crippen molar-refractivity contribution in [3.63, 3.8) is 0 Å². The summed E-state index contributed by atoms with van der Waals surface area (Å²) in [5.74, 6) is 0.683. The van der Waals surface area contributed by atoms with Crippen molar-refractivity contribution in [3.05, 3.63) is 0 Å². The van der Waals surface area contributed by atoms with Gasteiger partial charge in [-0.1, -0.05) is 19.8 Å². The molecule has 1 aliphatic heterocycles. The van der Waals surface area contributed by atoms with Gasteiger partial charge in [0.25, 0.3) is 0 Å². The lowest BCUT2D eigenvalue weighted by Gasteiger charge is -2.22. The Hall–Kier alpha value is -1.10. The van der Waals surface area contributed by atoms with Gasteiger partial charge in [0.05, 0.1) is 6.54 Å². The number of likely N-dealkylation sites (tertiary alicyclic amines) is 1. The first-order chi connectivity index (χ1) is 10.1. The van der Waals surface area contributed by atoms with Crippen LogP contribution in [-0.4, -0.2) is 54.8 Å². The van der Waals surface area contributed by atoms with Gasteiger partial charge >= 0.3 is 0 Å². The van der Waals surface area contributed by atoms with Crippen LogP contribution >= 0.6 is 0 Å². The van der Waals surface area contributed by atoms with Crippen molar-refractivity contribution in [3.8, 4) is 0 Å². The van der Waals surface area contributed by atoms with E-state index in [1.807, 2.05) is 4.90 Å². The number of hydrogen-bond acceptors (Lipinski definition) is 3. The van der Waals surface area contributed by atoms with Crippen LogP contribution in [0.15, 0.2) is 0 Å². The fraction of sp³-hybridized carbons (Fsp3) is 0.875. The van der Waals surface area contributed by atoms with Gasteiger partial charge in [0.2, 0.25) is 11.8 Å². The lowest BCUT2D eigenvalue weighted by atomic mass is 9.94. The van der Waals surface area contributed by atoms with Crippen LogP contribution in [0, 0.1) is 5.92 Å². The summed E-state index contributed by atoms with van der Waals surface area (Å²) in [6, 6.07) is 0. The maximum atomic E-state index is 12.1. The molecule has 0 aromatic rings. The van der Waals surface area contributed by atoms with Gasteiger partial charge in [-0.05, 0) is 38.1 Å². The Morgan fingerprint density at radius 1 is 1.19 bits per heavy atom. The van der Waals surface area contributed by atoms with Gasteiger partial charge in [-0.15, -0.1) is 0 Å². The summed E-state index contributed by atoms with van der Waals surface area (Å²) in [6.45, 7) is 4.74. The van der Waals surface area contributed by atoms with Gasteiger partial charge in [0, 0.05) is 26.6 Å². The number of rotatable bonds is 9. The maximum Gasteiger partial charge on any atom is 0.242 e. The van der Waals surface area contributed by atoms with E-state index in [9.17, 15) is 9.59 Å². The SMILES string of the molecule is CCCC(CCN)CCC(=O)N(C)CC(=O)N1CCCC1. The van der Waals surface area contributed by atoms with Crippen molar-refractivity contribution >= 4 is 11.8 Å². The Morgan fingerprint density at radius 3 is 2.43 bits per heavy atom. The highest BCUT2D eigenvalue weighted by molar-refractivity contribution is 5.84. The van der Waals surface area contributed by atoms with Crippen LogP contribution in [0.2, 0.25) is 0 Å². The van der Waals surface area contributed by atoms with Crippen molar-refractivity contribution < 1.29 is 9.59 Å². The van der Waals surface area contributed by atoms with Gasteiger partial charge in [-0.3, -0.25) is 9.59 Å². The number of carbonyl (C=O) groups is 2. The summed E-state index contributed by atoms with van der Waals surface area (Å²) >= 11 is 0. The number of nitrogens with two attached hydrogens (primary N) is 1. The molecule has 1 aliphatic rings. The molecule has 0 aromatic carbocycles. The van der Waals surface area contributed by atoms with Gasteiger partial charge in [-0.25, -0.2) is 0 Å². The Labute approximate surface area is 128 Å². The molecule has 0 radical (unpaired) electrons. The van der Waals surface area contributed by atoms with Gasteiger partial charge in [-0.2, -0.15) is 0 Å². The molecule has 0 spiro atoms. The molecule has 1 unspecified atom stereocenters. The Balaban J connectivity index is 2.30. The lowest BCUT2D eigenvalue weighted by Crippen LogP contribution is -2.39. The van der Waals surface area contributed by atoms with E-state index in [0.717, 1.165) is 51.6 Å². The van der Waals surface area contributed by atoms with Crippen LogP contribution in [0.5, 0.6) is 0 Å². The number of nitrogens with zero attached hydrogens (tertiary/aromatic N) is 2. The largest absolute Gasteiger partial charge is 0.341 e. The molecule has 0 saturated carbocycles. The zero-order valence-electron chi connectivity index (χ0n) is 13.6. The van der Waals surface area contributed by atoms with Crippen LogP contribution in [0.25, 0.3) is 0 Å². The number of likely N-dealkylation sites (N-methyl/N-ethyl adjacent to an activating group) is 1. The molecule has 2 N–H and O–H groups in total. The van der Waals surface area contributed by atoms with Gasteiger partial charge in [0.1, 0.15) is 0 Å². The molecule has 1 fully saturated rings. The molecule has 0 aliphatic carbocycles. The standard InChI is InChI=1S/C16H31N3O2/c1-3-6-14(9-10-17)7-8-15(20)18(2)13-16(21)19-11-4-5-12-19/h14H,3-13,17H2,1-2H3. The van der Waals surface area contributed by atoms with E-state index in [1.54, 1.807) is 11.9 Å². The molecular formula is C16H31N3O2. The van der Waals surface area contributed by atoms with Crippen molar-refractivity contribution in [2.45, 2.75) is 51.9 Å². The quantitative estimate of drug-likeness (QED) is 0.703. The number of hydrogen-bond donors (Lipinski definition) is 1. The maximum absolute atomic E-state index is 12.1. The molecule has 2 amide bonds. The van der Waals surface area contributed by atoms with Gasteiger partial charge in [0.15, 0.2) is 0 Å². The van der Waals surface area contributed by atoms with E-state index in [1.165, 1.54) is 0 Å². The first kappa shape index (κ1) is 18.0. The highest BCUT2D eigenvalue weighted by Gasteiger charge is 2.21. The normalized spacial score (nSPS) is 16.0. The minimum Gasteiger partial charge on any atom is -0.341 e. The van der Waals surface area contributed by atoms with E-state index in [4.69, 9.17) is 5.73 Å². The summed E-state index contributed by atoms with van der Waals surface area (Å²) in [7, 11) is 1.73. The molecule has 0 aromatic heterocycles. The second kappa shape index (κ2) is 9.77. The second-order valence-electron chi connectivity index (χ2n) is 6.11. The van der Waals surface area contributed by atoms with Gasteiger partial charge < -0.3 is 15.5 Å². The van der Waals surface area contributed by atoms with E-state index in [-0.39, 0.29) is 18.4 Å². The van der Waals surface area contributed by atoms with Crippen molar-refractivity contribution in [2.24, 2.45) is 11.7 Å². The van der Waals surface area contributed by atoms with E-state index < -0.39 is 0 Å². The fourth-order valence-electron chi connectivity index (χ4n) is 2.95. The van der Waals surface area contributed by atoms with Crippen molar-refractivity contribution in [2.75, 3.05) is 33.2 Å². The first-order valence-electron chi connectivity index (χ1n) is 8.30. The summed E-state index contributed by atoms with van der Waals surface area (Å²) in [4.78, 5) is 27.6. The third kappa shape index (κ3) is 6.46. The molecule has 1 atom stereocenters. The Morgan fingerprint density at radius 2 is 1.86 bits per heavy atom. The zero-order chi connectivity index (χ0) is 15.7. The van der Waals surface area contributed by atoms with Crippen LogP contribution in [0.1, 0.15) is 51.9 Å². The average Bonchev–Trinajstić information content (AvgIpc) is 2.99. The number of carbonyl (C=O) groups excluding carboxylic acids is 2.